The lowest BCUT2D eigenvalue weighted by molar-refractivity contribution is -0.122. The van der Waals surface area contributed by atoms with Crippen molar-refractivity contribution in [2.24, 2.45) is 5.92 Å². The van der Waals surface area contributed by atoms with E-state index in [2.05, 4.69) is 32.0 Å². The molecule has 0 saturated carbocycles. The van der Waals surface area contributed by atoms with Crippen molar-refractivity contribution in [3.63, 3.8) is 0 Å². The third-order valence-corrected chi connectivity index (χ3v) is 3.33. The van der Waals surface area contributed by atoms with Crippen LogP contribution in [0.2, 0.25) is 0 Å². The third-order valence-electron chi connectivity index (χ3n) is 3.33. The van der Waals surface area contributed by atoms with Crippen molar-refractivity contribution in [2.45, 2.75) is 26.7 Å². The van der Waals surface area contributed by atoms with Crippen LogP contribution in [0.15, 0.2) is 18.2 Å². The summed E-state index contributed by atoms with van der Waals surface area (Å²) in [6.07, 6.45) is 1.44. The van der Waals surface area contributed by atoms with Gasteiger partial charge < -0.3 is 4.74 Å². The number of ketones is 1. The number of carbonyl (C=O) groups is 1. The molecular formula is C14H18O2. The summed E-state index contributed by atoms with van der Waals surface area (Å²) in [5.74, 6) is 0.447. The predicted molar refractivity (Wildman–Crippen MR) is 63.6 cm³/mol. The molecule has 1 saturated heterocycles. The first kappa shape index (κ1) is 11.3. The van der Waals surface area contributed by atoms with Crippen LogP contribution < -0.4 is 0 Å². The maximum Gasteiger partial charge on any atom is 0.142 e. The van der Waals surface area contributed by atoms with Gasteiger partial charge in [0.25, 0.3) is 0 Å². The number of ether oxygens (including phenoxy) is 1. The van der Waals surface area contributed by atoms with Crippen molar-refractivity contribution in [3.05, 3.63) is 34.9 Å². The van der Waals surface area contributed by atoms with Gasteiger partial charge in [0.05, 0.1) is 6.61 Å². The Balaban J connectivity index is 2.02. The van der Waals surface area contributed by atoms with E-state index in [1.54, 1.807) is 0 Å². The molecule has 2 nitrogen and oxygen atoms in total. The van der Waals surface area contributed by atoms with Gasteiger partial charge in [-0.1, -0.05) is 18.2 Å². The lowest BCUT2D eigenvalue weighted by Gasteiger charge is -2.08. The average molecular weight is 218 g/mol. The van der Waals surface area contributed by atoms with Gasteiger partial charge in [0, 0.05) is 18.9 Å². The van der Waals surface area contributed by atoms with E-state index in [4.69, 9.17) is 4.74 Å². The van der Waals surface area contributed by atoms with Gasteiger partial charge in [-0.05, 0) is 37.0 Å². The smallest absolute Gasteiger partial charge is 0.142 e. The molecule has 1 heterocycles. The Hall–Kier alpha value is -1.15. The van der Waals surface area contributed by atoms with Crippen molar-refractivity contribution in [3.8, 4) is 0 Å². The number of hydrogen-bond acceptors (Lipinski definition) is 2. The first-order valence-electron chi connectivity index (χ1n) is 5.83. The Morgan fingerprint density at radius 2 is 2.19 bits per heavy atom. The Bertz CT molecular complexity index is 390. The molecule has 1 atom stereocenters. The fraction of sp³-hybridized carbons (Fsp3) is 0.500. The summed E-state index contributed by atoms with van der Waals surface area (Å²) in [7, 11) is 0. The average Bonchev–Trinajstić information content (AvgIpc) is 2.77. The first-order valence-corrected chi connectivity index (χ1v) is 5.83. The van der Waals surface area contributed by atoms with Crippen LogP contribution in [0.3, 0.4) is 0 Å². The molecule has 1 aliphatic rings. The van der Waals surface area contributed by atoms with E-state index in [1.165, 1.54) is 11.1 Å². The minimum Gasteiger partial charge on any atom is -0.381 e. The number of aryl methyl sites for hydroxylation is 2. The number of rotatable bonds is 3. The zero-order valence-corrected chi connectivity index (χ0v) is 9.95. The second-order valence-corrected chi connectivity index (χ2v) is 4.62. The monoisotopic (exact) mass is 218 g/mol. The second-order valence-electron chi connectivity index (χ2n) is 4.62. The van der Waals surface area contributed by atoms with Gasteiger partial charge in [0.1, 0.15) is 5.78 Å². The summed E-state index contributed by atoms with van der Waals surface area (Å²) in [4.78, 5) is 11.9. The van der Waals surface area contributed by atoms with Crippen molar-refractivity contribution in [1.82, 2.24) is 0 Å². The maximum absolute atomic E-state index is 11.9. The van der Waals surface area contributed by atoms with Crippen LogP contribution in [0.5, 0.6) is 0 Å². The lowest BCUT2D eigenvalue weighted by Crippen LogP contribution is -2.16. The summed E-state index contributed by atoms with van der Waals surface area (Å²) < 4.78 is 5.24. The van der Waals surface area contributed by atoms with Gasteiger partial charge in [-0.25, -0.2) is 0 Å². The normalized spacial score (nSPS) is 20.0. The Morgan fingerprint density at radius 3 is 2.81 bits per heavy atom. The van der Waals surface area contributed by atoms with E-state index >= 15 is 0 Å². The molecule has 1 aromatic carbocycles. The zero-order chi connectivity index (χ0) is 11.5. The number of benzene rings is 1. The number of carbonyl (C=O) groups excluding carboxylic acids is 1. The molecule has 0 aliphatic carbocycles. The largest absolute Gasteiger partial charge is 0.381 e. The van der Waals surface area contributed by atoms with Crippen LogP contribution in [-0.2, 0) is 16.0 Å². The number of hydrogen-bond donors (Lipinski definition) is 0. The summed E-state index contributed by atoms with van der Waals surface area (Å²) in [6, 6.07) is 6.25. The molecule has 0 spiro atoms. The summed E-state index contributed by atoms with van der Waals surface area (Å²) in [5.41, 5.74) is 3.66. The van der Waals surface area contributed by atoms with E-state index in [-0.39, 0.29) is 5.92 Å². The van der Waals surface area contributed by atoms with Crippen molar-refractivity contribution < 1.29 is 9.53 Å². The highest BCUT2D eigenvalue weighted by atomic mass is 16.5. The second kappa shape index (κ2) is 4.79. The van der Waals surface area contributed by atoms with E-state index in [0.29, 0.717) is 18.8 Å². The van der Waals surface area contributed by atoms with Crippen molar-refractivity contribution in [2.75, 3.05) is 13.2 Å². The molecule has 1 fully saturated rings. The van der Waals surface area contributed by atoms with Crippen LogP contribution in [0.4, 0.5) is 0 Å². The molecule has 0 N–H and O–H groups in total. The van der Waals surface area contributed by atoms with E-state index in [9.17, 15) is 4.79 Å². The molecule has 0 bridgehead atoms. The SMILES string of the molecule is Cc1ccc(CC(=O)C2CCOC2)cc1C. The van der Waals surface area contributed by atoms with Gasteiger partial charge in [-0.15, -0.1) is 0 Å². The van der Waals surface area contributed by atoms with Crippen LogP contribution in [0, 0.1) is 19.8 Å². The molecular weight excluding hydrogens is 200 g/mol. The summed E-state index contributed by atoms with van der Waals surface area (Å²) >= 11 is 0. The Morgan fingerprint density at radius 1 is 1.38 bits per heavy atom. The fourth-order valence-electron chi connectivity index (χ4n) is 2.05. The van der Waals surface area contributed by atoms with Gasteiger partial charge in [-0.3, -0.25) is 4.79 Å². The molecule has 0 amide bonds. The van der Waals surface area contributed by atoms with E-state index in [1.807, 2.05) is 0 Å². The molecule has 1 aromatic rings. The van der Waals surface area contributed by atoms with Gasteiger partial charge in [0.2, 0.25) is 0 Å². The molecule has 0 aromatic heterocycles. The highest BCUT2D eigenvalue weighted by Gasteiger charge is 2.23. The zero-order valence-electron chi connectivity index (χ0n) is 9.95. The van der Waals surface area contributed by atoms with Crippen molar-refractivity contribution in [1.29, 1.82) is 0 Å². The van der Waals surface area contributed by atoms with Crippen LogP contribution in [0.1, 0.15) is 23.1 Å². The summed E-state index contributed by atoms with van der Waals surface area (Å²) in [6.45, 7) is 5.53. The summed E-state index contributed by atoms with van der Waals surface area (Å²) in [5, 5.41) is 0. The molecule has 2 heteroatoms. The quantitative estimate of drug-likeness (QED) is 0.779. The highest BCUT2D eigenvalue weighted by Crippen LogP contribution is 2.17. The first-order chi connectivity index (χ1) is 7.66. The van der Waals surface area contributed by atoms with Gasteiger partial charge >= 0.3 is 0 Å². The molecule has 1 aliphatic heterocycles. The van der Waals surface area contributed by atoms with Crippen LogP contribution >= 0.6 is 0 Å². The standard InChI is InChI=1S/C14H18O2/c1-10-3-4-12(7-11(10)2)8-14(15)13-5-6-16-9-13/h3-4,7,13H,5-6,8-9H2,1-2H3. The van der Waals surface area contributed by atoms with Crippen molar-refractivity contribution >= 4 is 5.78 Å². The third kappa shape index (κ3) is 2.50. The molecule has 0 radical (unpaired) electrons. The van der Waals surface area contributed by atoms with Gasteiger partial charge in [-0.2, -0.15) is 0 Å². The Kier molecular flexibility index (Phi) is 3.39. The van der Waals surface area contributed by atoms with Crippen LogP contribution in [-0.4, -0.2) is 19.0 Å². The molecule has 16 heavy (non-hydrogen) atoms. The Labute approximate surface area is 96.6 Å². The van der Waals surface area contributed by atoms with E-state index in [0.717, 1.165) is 18.6 Å². The minimum atomic E-state index is 0.126. The minimum absolute atomic E-state index is 0.126. The van der Waals surface area contributed by atoms with E-state index < -0.39 is 0 Å². The maximum atomic E-state index is 11.9. The fourth-order valence-corrected chi connectivity index (χ4v) is 2.05. The molecule has 2 rings (SSSR count). The topological polar surface area (TPSA) is 26.3 Å². The predicted octanol–water partition coefficient (Wildman–Crippen LogP) is 2.45. The van der Waals surface area contributed by atoms with Gasteiger partial charge in [0.15, 0.2) is 0 Å². The molecule has 1 unspecified atom stereocenters. The van der Waals surface area contributed by atoms with Crippen LogP contribution in [0.25, 0.3) is 0 Å². The number of Topliss-reactive ketones (excluding diaryl/α,β-unsaturated/α-hetero) is 1. The lowest BCUT2D eigenvalue weighted by atomic mass is 9.95. The molecule has 86 valence electrons. The highest BCUT2D eigenvalue weighted by molar-refractivity contribution is 5.83.